The topological polar surface area (TPSA) is 106 Å². The number of ether oxygens (including phenoxy) is 2. The number of thiazole rings is 1. The number of carbonyl (C=O) groups excluding carboxylic acids is 2. The van der Waals surface area contributed by atoms with Crippen molar-refractivity contribution in [3.05, 3.63) is 16.1 Å². The molecule has 2 unspecified atom stereocenters. The van der Waals surface area contributed by atoms with E-state index in [1.807, 2.05) is 0 Å². The number of aliphatic hydroxyl groups excluding tert-OH is 2. The predicted molar refractivity (Wildman–Crippen MR) is 65.7 cm³/mol. The maximum absolute atomic E-state index is 11.4. The van der Waals surface area contributed by atoms with E-state index >= 15 is 0 Å². The highest BCUT2D eigenvalue weighted by Crippen LogP contribution is 2.22. The Morgan fingerprint density at radius 2 is 1.95 bits per heavy atom. The molecule has 1 aromatic rings. The Kier molecular flexibility index (Phi) is 5.87. The van der Waals surface area contributed by atoms with Gasteiger partial charge in [-0.1, -0.05) is 0 Å². The molecule has 0 aliphatic rings. The molecule has 1 heterocycles. The molecule has 0 saturated heterocycles. The third kappa shape index (κ3) is 3.98. The van der Waals surface area contributed by atoms with Crippen LogP contribution in [0.4, 0.5) is 0 Å². The van der Waals surface area contributed by atoms with Crippen molar-refractivity contribution < 1.29 is 29.3 Å². The smallest absolute Gasteiger partial charge is 0.357 e. The number of nitrogens with zero attached hydrogens (tertiary/aromatic N) is 1. The number of rotatable bonds is 6. The standard InChI is InChI=1S/C11H15NO6S/c1-3-17-10(15)6-5-19-9(12-6)7(13)8(14)11(16)18-4-2/h5,7-8,13-14H,3-4H2,1-2H3. The van der Waals surface area contributed by atoms with Crippen LogP contribution in [0.15, 0.2) is 5.38 Å². The Morgan fingerprint density at radius 1 is 1.32 bits per heavy atom. The molecule has 19 heavy (non-hydrogen) atoms. The van der Waals surface area contributed by atoms with E-state index in [9.17, 15) is 19.8 Å². The van der Waals surface area contributed by atoms with Crippen molar-refractivity contribution >= 4 is 23.3 Å². The number of aromatic nitrogens is 1. The van der Waals surface area contributed by atoms with E-state index in [-0.39, 0.29) is 23.9 Å². The van der Waals surface area contributed by atoms with Crippen LogP contribution in [-0.4, -0.2) is 46.5 Å². The first-order chi connectivity index (χ1) is 9.01. The molecule has 7 nitrogen and oxygen atoms in total. The summed E-state index contributed by atoms with van der Waals surface area (Å²) >= 11 is 0.946. The number of carbonyl (C=O) groups is 2. The zero-order chi connectivity index (χ0) is 14.4. The van der Waals surface area contributed by atoms with E-state index in [4.69, 9.17) is 4.74 Å². The molecule has 0 fully saturated rings. The largest absolute Gasteiger partial charge is 0.464 e. The molecule has 1 aromatic heterocycles. The van der Waals surface area contributed by atoms with Gasteiger partial charge in [0.2, 0.25) is 0 Å². The Labute approximate surface area is 113 Å². The lowest BCUT2D eigenvalue weighted by atomic mass is 10.2. The molecule has 0 aliphatic heterocycles. The monoisotopic (exact) mass is 289 g/mol. The Morgan fingerprint density at radius 3 is 2.53 bits per heavy atom. The van der Waals surface area contributed by atoms with Crippen LogP contribution >= 0.6 is 11.3 Å². The molecule has 0 aliphatic carbocycles. The molecule has 0 saturated carbocycles. The van der Waals surface area contributed by atoms with Crippen molar-refractivity contribution in [2.75, 3.05) is 13.2 Å². The van der Waals surface area contributed by atoms with Crippen molar-refractivity contribution in [1.82, 2.24) is 4.98 Å². The average Bonchev–Trinajstić information content (AvgIpc) is 2.87. The summed E-state index contributed by atoms with van der Waals surface area (Å²) in [6.07, 6.45) is -3.27. The van der Waals surface area contributed by atoms with Gasteiger partial charge in [0.05, 0.1) is 13.2 Å². The van der Waals surface area contributed by atoms with Gasteiger partial charge in [0.15, 0.2) is 11.8 Å². The van der Waals surface area contributed by atoms with Gasteiger partial charge in [0, 0.05) is 5.38 Å². The minimum atomic E-state index is -1.74. The lowest BCUT2D eigenvalue weighted by Crippen LogP contribution is -2.29. The van der Waals surface area contributed by atoms with Gasteiger partial charge in [-0.3, -0.25) is 0 Å². The van der Waals surface area contributed by atoms with E-state index in [2.05, 4.69) is 9.72 Å². The van der Waals surface area contributed by atoms with Gasteiger partial charge < -0.3 is 19.7 Å². The average molecular weight is 289 g/mol. The summed E-state index contributed by atoms with van der Waals surface area (Å²) in [5.41, 5.74) is 0.0250. The van der Waals surface area contributed by atoms with Gasteiger partial charge in [-0.25, -0.2) is 14.6 Å². The van der Waals surface area contributed by atoms with Crippen LogP contribution in [0.25, 0.3) is 0 Å². The zero-order valence-corrected chi connectivity index (χ0v) is 11.3. The first kappa shape index (κ1) is 15.5. The second-order valence-corrected chi connectivity index (χ2v) is 4.32. The first-order valence-corrected chi connectivity index (χ1v) is 6.54. The fourth-order valence-electron chi connectivity index (χ4n) is 1.21. The maximum atomic E-state index is 11.4. The van der Waals surface area contributed by atoms with Crippen molar-refractivity contribution in [1.29, 1.82) is 0 Å². The molecular formula is C11H15NO6S. The lowest BCUT2D eigenvalue weighted by molar-refractivity contribution is -0.159. The molecule has 106 valence electrons. The van der Waals surface area contributed by atoms with Crippen LogP contribution < -0.4 is 0 Å². The Bertz CT molecular complexity index is 446. The van der Waals surface area contributed by atoms with Gasteiger partial charge in [-0.2, -0.15) is 0 Å². The molecule has 8 heteroatoms. The van der Waals surface area contributed by atoms with E-state index in [0.29, 0.717) is 0 Å². The third-order valence-electron chi connectivity index (χ3n) is 2.09. The quantitative estimate of drug-likeness (QED) is 0.724. The van der Waals surface area contributed by atoms with Crippen LogP contribution in [0, 0.1) is 0 Å². The van der Waals surface area contributed by atoms with Crippen molar-refractivity contribution in [3.8, 4) is 0 Å². The number of hydrogen-bond donors (Lipinski definition) is 2. The van der Waals surface area contributed by atoms with Crippen molar-refractivity contribution in [2.24, 2.45) is 0 Å². The highest BCUT2D eigenvalue weighted by molar-refractivity contribution is 7.09. The van der Waals surface area contributed by atoms with Crippen LogP contribution in [0.1, 0.15) is 35.4 Å². The van der Waals surface area contributed by atoms with Crippen LogP contribution in [0.2, 0.25) is 0 Å². The maximum Gasteiger partial charge on any atom is 0.357 e. The molecule has 2 N–H and O–H groups in total. The molecule has 2 atom stereocenters. The fraction of sp³-hybridized carbons (Fsp3) is 0.545. The van der Waals surface area contributed by atoms with Crippen molar-refractivity contribution in [3.63, 3.8) is 0 Å². The number of hydrogen-bond acceptors (Lipinski definition) is 8. The highest BCUT2D eigenvalue weighted by Gasteiger charge is 2.29. The molecule has 0 amide bonds. The molecule has 0 aromatic carbocycles. The Balaban J connectivity index is 2.75. The van der Waals surface area contributed by atoms with Gasteiger partial charge in [0.1, 0.15) is 11.1 Å². The zero-order valence-electron chi connectivity index (χ0n) is 10.5. The van der Waals surface area contributed by atoms with Gasteiger partial charge in [-0.15, -0.1) is 11.3 Å². The minimum absolute atomic E-state index is 0.0250. The number of esters is 2. The van der Waals surface area contributed by atoms with Crippen molar-refractivity contribution in [2.45, 2.75) is 26.1 Å². The summed E-state index contributed by atoms with van der Waals surface area (Å²) in [6, 6.07) is 0. The first-order valence-electron chi connectivity index (χ1n) is 5.66. The third-order valence-corrected chi connectivity index (χ3v) is 3.00. The lowest BCUT2D eigenvalue weighted by Gasteiger charge is -2.13. The number of aliphatic hydroxyl groups is 2. The van der Waals surface area contributed by atoms with E-state index < -0.39 is 24.1 Å². The van der Waals surface area contributed by atoms with E-state index in [1.54, 1.807) is 13.8 Å². The fourth-order valence-corrected chi connectivity index (χ4v) is 2.01. The summed E-state index contributed by atoms with van der Waals surface area (Å²) in [5, 5.41) is 20.7. The van der Waals surface area contributed by atoms with Gasteiger partial charge in [0.25, 0.3) is 0 Å². The SMILES string of the molecule is CCOC(=O)c1csc(C(O)C(O)C(=O)OCC)n1. The van der Waals surface area contributed by atoms with Gasteiger partial charge >= 0.3 is 11.9 Å². The van der Waals surface area contributed by atoms with Crippen LogP contribution in [0.5, 0.6) is 0 Å². The second kappa shape index (κ2) is 7.17. The van der Waals surface area contributed by atoms with Gasteiger partial charge in [-0.05, 0) is 13.8 Å². The normalized spacial score (nSPS) is 13.7. The molecule has 1 rings (SSSR count). The van der Waals surface area contributed by atoms with Crippen LogP contribution in [-0.2, 0) is 14.3 Å². The Hall–Kier alpha value is -1.51. The molecule has 0 radical (unpaired) electrons. The predicted octanol–water partition coefficient (Wildman–Crippen LogP) is 0.277. The molecular weight excluding hydrogens is 274 g/mol. The molecule has 0 spiro atoms. The molecule has 0 bridgehead atoms. The van der Waals surface area contributed by atoms with Crippen LogP contribution in [0.3, 0.4) is 0 Å². The second-order valence-electron chi connectivity index (χ2n) is 3.43. The summed E-state index contributed by atoms with van der Waals surface area (Å²) in [5.74, 6) is -1.56. The summed E-state index contributed by atoms with van der Waals surface area (Å²) in [4.78, 5) is 26.4. The van der Waals surface area contributed by atoms with E-state index in [0.717, 1.165) is 11.3 Å². The summed E-state index contributed by atoms with van der Waals surface area (Å²) < 4.78 is 9.31. The highest BCUT2D eigenvalue weighted by atomic mass is 32.1. The van der Waals surface area contributed by atoms with E-state index in [1.165, 1.54) is 5.38 Å². The summed E-state index contributed by atoms with van der Waals surface area (Å²) in [7, 11) is 0. The minimum Gasteiger partial charge on any atom is -0.464 e. The summed E-state index contributed by atoms with van der Waals surface area (Å²) in [6.45, 7) is 3.54.